The predicted molar refractivity (Wildman–Crippen MR) is 105 cm³/mol. The van der Waals surface area contributed by atoms with Crippen LogP contribution in [-0.4, -0.2) is 36.8 Å². The Labute approximate surface area is 178 Å². The van der Waals surface area contributed by atoms with E-state index in [9.17, 15) is 29.4 Å². The van der Waals surface area contributed by atoms with Crippen LogP contribution in [0.15, 0.2) is 0 Å². The number of rotatable bonds is 11. The van der Waals surface area contributed by atoms with Crippen LogP contribution < -0.4 is 20.8 Å². The standard InChI is InChI=1S/C22H36N2O6/c25-19(15-9-3-5-11-17(15)21(27)28)23-13-7-1-2-8-14-24-20(26)16-10-4-6-12-18(16)22(29)30/h15-18H,1-14H2,(H,23,25)(H,24,26)(H,27,28)(H,29,30)/p-2. The summed E-state index contributed by atoms with van der Waals surface area (Å²) in [6.07, 6.45) is 8.97. The molecular weight excluding hydrogens is 388 g/mol. The van der Waals surface area contributed by atoms with Crippen molar-refractivity contribution < 1.29 is 29.4 Å². The molecule has 0 radical (unpaired) electrons. The van der Waals surface area contributed by atoms with Crippen molar-refractivity contribution in [3.8, 4) is 0 Å². The Hall–Kier alpha value is -2.12. The van der Waals surface area contributed by atoms with Gasteiger partial charge < -0.3 is 30.4 Å². The molecule has 8 nitrogen and oxygen atoms in total. The summed E-state index contributed by atoms with van der Waals surface area (Å²) >= 11 is 0. The van der Waals surface area contributed by atoms with Gasteiger partial charge in [-0.05, 0) is 38.5 Å². The van der Waals surface area contributed by atoms with Gasteiger partial charge in [-0.25, -0.2) is 0 Å². The van der Waals surface area contributed by atoms with Gasteiger partial charge in [0.25, 0.3) is 0 Å². The highest BCUT2D eigenvalue weighted by Crippen LogP contribution is 2.30. The van der Waals surface area contributed by atoms with E-state index in [1.54, 1.807) is 0 Å². The number of carboxylic acid groups (broad SMARTS) is 2. The minimum atomic E-state index is -1.13. The van der Waals surface area contributed by atoms with Crippen molar-refractivity contribution in [2.45, 2.75) is 77.0 Å². The lowest BCUT2D eigenvalue weighted by atomic mass is 9.78. The number of hydrogen-bond donors (Lipinski definition) is 2. The Morgan fingerprint density at radius 2 is 0.900 bits per heavy atom. The van der Waals surface area contributed by atoms with Crippen LogP contribution in [0, 0.1) is 23.7 Å². The van der Waals surface area contributed by atoms with Crippen LogP contribution in [0.1, 0.15) is 77.0 Å². The fourth-order valence-electron chi connectivity index (χ4n) is 4.74. The molecule has 0 aromatic heterocycles. The fourth-order valence-corrected chi connectivity index (χ4v) is 4.74. The third-order valence-electron chi connectivity index (χ3n) is 6.51. The molecule has 2 N–H and O–H groups in total. The number of nitrogens with one attached hydrogen (secondary N) is 2. The number of unbranched alkanes of at least 4 members (excludes halogenated alkanes) is 3. The number of hydrogen-bond acceptors (Lipinski definition) is 6. The van der Waals surface area contributed by atoms with Crippen LogP contribution in [-0.2, 0) is 19.2 Å². The number of amides is 2. The first-order valence-corrected chi connectivity index (χ1v) is 11.4. The van der Waals surface area contributed by atoms with Gasteiger partial charge in [0.1, 0.15) is 0 Å². The summed E-state index contributed by atoms with van der Waals surface area (Å²) in [5, 5.41) is 28.1. The van der Waals surface area contributed by atoms with E-state index >= 15 is 0 Å². The molecule has 4 unspecified atom stereocenters. The number of aliphatic carboxylic acids is 2. The van der Waals surface area contributed by atoms with Gasteiger partial charge in [0.05, 0.1) is 0 Å². The highest BCUT2D eigenvalue weighted by Gasteiger charge is 2.32. The zero-order chi connectivity index (χ0) is 21.9. The SMILES string of the molecule is O=C([O-])C1CCCCC1C(=O)NCCCCCCNC(=O)C1CCCCC1C(=O)[O-]. The van der Waals surface area contributed by atoms with Crippen LogP contribution in [0.2, 0.25) is 0 Å². The normalized spacial score (nSPS) is 26.5. The van der Waals surface area contributed by atoms with Crippen molar-refractivity contribution >= 4 is 23.8 Å². The van der Waals surface area contributed by atoms with E-state index in [4.69, 9.17) is 0 Å². The molecule has 2 amide bonds. The highest BCUT2D eigenvalue weighted by atomic mass is 16.4. The predicted octanol–water partition coefficient (Wildman–Crippen LogP) is -0.108. The summed E-state index contributed by atoms with van der Waals surface area (Å²) in [5.74, 6) is -4.96. The average molecular weight is 423 g/mol. The van der Waals surface area contributed by atoms with Crippen LogP contribution in [0.4, 0.5) is 0 Å². The van der Waals surface area contributed by atoms with E-state index in [-0.39, 0.29) is 11.8 Å². The molecule has 0 aromatic carbocycles. The second kappa shape index (κ2) is 12.5. The number of carbonyl (C=O) groups excluding carboxylic acids is 4. The van der Waals surface area contributed by atoms with E-state index in [0.717, 1.165) is 51.4 Å². The molecule has 170 valence electrons. The molecule has 2 rings (SSSR count). The molecule has 30 heavy (non-hydrogen) atoms. The lowest BCUT2D eigenvalue weighted by molar-refractivity contribution is -0.315. The Bertz CT molecular complexity index is 556. The topological polar surface area (TPSA) is 138 Å². The second-order valence-electron chi connectivity index (χ2n) is 8.63. The van der Waals surface area contributed by atoms with Gasteiger partial charge >= 0.3 is 0 Å². The van der Waals surface area contributed by atoms with Crippen molar-refractivity contribution in [1.82, 2.24) is 10.6 Å². The van der Waals surface area contributed by atoms with Gasteiger partial charge in [-0.2, -0.15) is 0 Å². The average Bonchev–Trinajstić information content (AvgIpc) is 2.75. The first-order chi connectivity index (χ1) is 14.4. The Morgan fingerprint density at radius 1 is 0.567 bits per heavy atom. The van der Waals surface area contributed by atoms with E-state index in [1.807, 2.05) is 0 Å². The minimum Gasteiger partial charge on any atom is -0.550 e. The fraction of sp³-hybridized carbons (Fsp3) is 0.818. The van der Waals surface area contributed by atoms with E-state index in [0.29, 0.717) is 38.8 Å². The molecular formula is C22H34N2O6-2. The third kappa shape index (κ3) is 7.29. The zero-order valence-corrected chi connectivity index (χ0v) is 17.7. The van der Waals surface area contributed by atoms with Gasteiger partial charge in [-0.15, -0.1) is 0 Å². The molecule has 0 aromatic rings. The Morgan fingerprint density at radius 3 is 1.23 bits per heavy atom. The maximum atomic E-state index is 12.3. The summed E-state index contributed by atoms with van der Waals surface area (Å²) in [6.45, 7) is 1.02. The lowest BCUT2D eigenvalue weighted by Crippen LogP contribution is -2.44. The van der Waals surface area contributed by atoms with Gasteiger partial charge in [0.2, 0.25) is 11.8 Å². The largest absolute Gasteiger partial charge is 0.550 e. The van der Waals surface area contributed by atoms with E-state index < -0.39 is 35.6 Å². The molecule has 8 heteroatoms. The van der Waals surface area contributed by atoms with Crippen LogP contribution in [0.5, 0.6) is 0 Å². The number of carboxylic acids is 2. The Balaban J connectivity index is 1.54. The van der Waals surface area contributed by atoms with E-state index in [1.165, 1.54) is 0 Å². The monoisotopic (exact) mass is 422 g/mol. The maximum absolute atomic E-state index is 12.3. The van der Waals surface area contributed by atoms with Crippen molar-refractivity contribution in [3.05, 3.63) is 0 Å². The highest BCUT2D eigenvalue weighted by molar-refractivity contribution is 5.84. The van der Waals surface area contributed by atoms with Gasteiger partial charge in [0.15, 0.2) is 0 Å². The smallest absolute Gasteiger partial charge is 0.223 e. The number of carbonyl (C=O) groups is 4. The summed E-state index contributed by atoms with van der Waals surface area (Å²) < 4.78 is 0. The molecule has 4 atom stereocenters. The molecule has 2 aliphatic carbocycles. The Kier molecular flexibility index (Phi) is 10.1. The quantitative estimate of drug-likeness (QED) is 0.446. The lowest BCUT2D eigenvalue weighted by Gasteiger charge is -2.31. The molecule has 0 saturated heterocycles. The third-order valence-corrected chi connectivity index (χ3v) is 6.51. The summed E-state index contributed by atoms with van der Waals surface area (Å²) in [7, 11) is 0. The van der Waals surface area contributed by atoms with Crippen LogP contribution in [0.25, 0.3) is 0 Å². The maximum Gasteiger partial charge on any atom is 0.223 e. The first kappa shape index (κ1) is 24.2. The van der Waals surface area contributed by atoms with Crippen molar-refractivity contribution in [3.63, 3.8) is 0 Å². The zero-order valence-electron chi connectivity index (χ0n) is 17.7. The minimum absolute atomic E-state index is 0.189. The second-order valence-corrected chi connectivity index (χ2v) is 8.63. The summed E-state index contributed by atoms with van der Waals surface area (Å²) in [4.78, 5) is 46.9. The molecule has 2 fully saturated rings. The van der Waals surface area contributed by atoms with Gasteiger partial charge in [-0.1, -0.05) is 38.5 Å². The molecule has 2 saturated carbocycles. The summed E-state index contributed by atoms with van der Waals surface area (Å²) in [5.41, 5.74) is 0. The van der Waals surface area contributed by atoms with Crippen LogP contribution in [0.3, 0.4) is 0 Å². The van der Waals surface area contributed by atoms with Crippen molar-refractivity contribution in [1.29, 1.82) is 0 Å². The molecule has 2 aliphatic rings. The van der Waals surface area contributed by atoms with Crippen molar-refractivity contribution in [2.75, 3.05) is 13.1 Å². The van der Waals surface area contributed by atoms with Gasteiger partial charge in [0, 0.05) is 48.7 Å². The molecule has 0 bridgehead atoms. The molecule has 0 aliphatic heterocycles. The van der Waals surface area contributed by atoms with Gasteiger partial charge in [-0.3, -0.25) is 9.59 Å². The molecule has 0 spiro atoms. The van der Waals surface area contributed by atoms with Crippen LogP contribution >= 0.6 is 0 Å². The molecule has 0 heterocycles. The van der Waals surface area contributed by atoms with Crippen molar-refractivity contribution in [2.24, 2.45) is 23.7 Å². The summed E-state index contributed by atoms with van der Waals surface area (Å²) in [6, 6.07) is 0. The first-order valence-electron chi connectivity index (χ1n) is 11.4. The van der Waals surface area contributed by atoms with E-state index in [2.05, 4.69) is 10.6 Å².